The molecular weight excluding hydrogens is 448 g/mol. The molecule has 6 nitrogen and oxygen atoms in total. The first-order chi connectivity index (χ1) is 15.5. The van der Waals surface area contributed by atoms with Gasteiger partial charge in [0.25, 0.3) is 5.91 Å². The van der Waals surface area contributed by atoms with Gasteiger partial charge in [0.1, 0.15) is 12.4 Å². The van der Waals surface area contributed by atoms with Crippen molar-refractivity contribution in [2.75, 3.05) is 26.2 Å². The van der Waals surface area contributed by atoms with E-state index in [1.165, 1.54) is 22.5 Å². The fourth-order valence-electron chi connectivity index (χ4n) is 3.84. The summed E-state index contributed by atoms with van der Waals surface area (Å²) < 4.78 is 33.2. The number of hydrogen-bond acceptors (Lipinski definition) is 4. The first kappa shape index (κ1) is 22.6. The number of nitrogens with zero attached hydrogens (tertiary/aromatic N) is 1. The molecule has 1 heterocycles. The van der Waals surface area contributed by atoms with Gasteiger partial charge < -0.3 is 10.1 Å². The Balaban J connectivity index is 1.40. The average Bonchev–Trinajstić information content (AvgIpc) is 2.82. The zero-order chi connectivity index (χ0) is 22.6. The maximum atomic E-state index is 12.9. The summed E-state index contributed by atoms with van der Waals surface area (Å²) in [6, 6.07) is 18.0. The maximum Gasteiger partial charge on any atom is 0.252 e. The minimum Gasteiger partial charge on any atom is -0.491 e. The molecule has 3 aromatic rings. The Kier molecular flexibility index (Phi) is 6.98. The van der Waals surface area contributed by atoms with Crippen molar-refractivity contribution in [3.8, 4) is 5.75 Å². The smallest absolute Gasteiger partial charge is 0.252 e. The minimum atomic E-state index is -3.65. The van der Waals surface area contributed by atoms with Crippen molar-refractivity contribution in [3.05, 3.63) is 71.2 Å². The number of benzene rings is 3. The molecule has 32 heavy (non-hydrogen) atoms. The largest absolute Gasteiger partial charge is 0.491 e. The Morgan fingerprint density at radius 1 is 1.00 bits per heavy atom. The first-order valence-electron chi connectivity index (χ1n) is 10.7. The summed E-state index contributed by atoms with van der Waals surface area (Å²) in [6.07, 6.45) is 2.72. The van der Waals surface area contributed by atoms with Gasteiger partial charge in [0, 0.05) is 18.5 Å². The Morgan fingerprint density at radius 2 is 1.75 bits per heavy atom. The Morgan fingerprint density at radius 3 is 2.56 bits per heavy atom. The molecule has 1 saturated heterocycles. The number of sulfonamides is 1. The molecule has 0 bridgehead atoms. The van der Waals surface area contributed by atoms with Crippen molar-refractivity contribution in [1.82, 2.24) is 9.62 Å². The highest BCUT2D eigenvalue weighted by Crippen LogP contribution is 2.26. The van der Waals surface area contributed by atoms with Crippen molar-refractivity contribution in [1.29, 1.82) is 0 Å². The minimum absolute atomic E-state index is 0.0842. The Labute approximate surface area is 193 Å². The van der Waals surface area contributed by atoms with E-state index in [0.717, 1.165) is 35.8 Å². The van der Waals surface area contributed by atoms with Gasteiger partial charge in [-0.1, -0.05) is 54.4 Å². The topological polar surface area (TPSA) is 75.7 Å². The second kappa shape index (κ2) is 9.90. The molecule has 0 atom stereocenters. The van der Waals surface area contributed by atoms with Crippen LogP contribution >= 0.6 is 11.6 Å². The van der Waals surface area contributed by atoms with Gasteiger partial charge in [0.05, 0.1) is 22.0 Å². The molecule has 0 aliphatic carbocycles. The van der Waals surface area contributed by atoms with Crippen LogP contribution in [0.2, 0.25) is 5.02 Å². The molecule has 1 fully saturated rings. The second-order valence-electron chi connectivity index (χ2n) is 7.69. The summed E-state index contributed by atoms with van der Waals surface area (Å²) in [5.74, 6) is 0.303. The highest BCUT2D eigenvalue weighted by molar-refractivity contribution is 7.89. The van der Waals surface area contributed by atoms with Gasteiger partial charge in [-0.15, -0.1) is 0 Å². The first-order valence-corrected chi connectivity index (χ1v) is 12.5. The highest BCUT2D eigenvalue weighted by atomic mass is 35.5. The van der Waals surface area contributed by atoms with E-state index in [9.17, 15) is 13.2 Å². The van der Waals surface area contributed by atoms with Crippen LogP contribution in [-0.2, 0) is 10.0 Å². The van der Waals surface area contributed by atoms with E-state index in [1.807, 2.05) is 42.5 Å². The van der Waals surface area contributed by atoms with Gasteiger partial charge in [0.2, 0.25) is 10.0 Å². The van der Waals surface area contributed by atoms with E-state index in [-0.39, 0.29) is 28.6 Å². The van der Waals surface area contributed by atoms with Gasteiger partial charge >= 0.3 is 0 Å². The van der Waals surface area contributed by atoms with Crippen molar-refractivity contribution in [2.45, 2.75) is 24.2 Å². The number of carbonyl (C=O) groups excluding carboxylic acids is 1. The lowest BCUT2D eigenvalue weighted by Crippen LogP contribution is -2.35. The Hall–Kier alpha value is -2.61. The molecule has 1 N–H and O–H groups in total. The predicted octanol–water partition coefficient (Wildman–Crippen LogP) is 4.48. The highest BCUT2D eigenvalue weighted by Gasteiger charge is 2.27. The third-order valence-electron chi connectivity index (χ3n) is 5.53. The van der Waals surface area contributed by atoms with Crippen molar-refractivity contribution in [2.24, 2.45) is 0 Å². The van der Waals surface area contributed by atoms with Crippen molar-refractivity contribution >= 4 is 38.3 Å². The third kappa shape index (κ3) is 4.90. The predicted molar refractivity (Wildman–Crippen MR) is 126 cm³/mol. The van der Waals surface area contributed by atoms with Crippen LogP contribution in [0, 0.1) is 0 Å². The summed E-state index contributed by atoms with van der Waals surface area (Å²) in [4.78, 5) is 12.8. The van der Waals surface area contributed by atoms with Crippen molar-refractivity contribution < 1.29 is 17.9 Å². The van der Waals surface area contributed by atoms with Gasteiger partial charge in [0.15, 0.2) is 0 Å². The third-order valence-corrected chi connectivity index (χ3v) is 7.75. The summed E-state index contributed by atoms with van der Waals surface area (Å²) in [7, 11) is -3.65. The SMILES string of the molecule is O=C(NCCOc1cccc2ccccc12)c1cc(S(=O)(=O)N2CCCCC2)ccc1Cl. The number of ether oxygens (including phenoxy) is 1. The summed E-state index contributed by atoms with van der Waals surface area (Å²) in [5, 5.41) is 5.04. The van der Waals surface area contributed by atoms with E-state index >= 15 is 0 Å². The van der Waals surface area contributed by atoms with Crippen LogP contribution in [0.25, 0.3) is 10.8 Å². The molecular formula is C24H25ClN2O4S. The lowest BCUT2D eigenvalue weighted by Gasteiger charge is -2.26. The molecule has 0 unspecified atom stereocenters. The molecule has 3 aromatic carbocycles. The van der Waals surface area contributed by atoms with Crippen LogP contribution in [0.5, 0.6) is 5.75 Å². The molecule has 8 heteroatoms. The number of amides is 1. The van der Waals surface area contributed by atoms with Crippen LogP contribution < -0.4 is 10.1 Å². The number of carbonyl (C=O) groups is 1. The molecule has 1 aliphatic rings. The molecule has 1 amide bonds. The van der Waals surface area contributed by atoms with Crippen molar-refractivity contribution in [3.63, 3.8) is 0 Å². The monoisotopic (exact) mass is 472 g/mol. The van der Waals surface area contributed by atoms with Crippen LogP contribution in [0.4, 0.5) is 0 Å². The molecule has 1 aliphatic heterocycles. The van der Waals surface area contributed by atoms with E-state index in [1.54, 1.807) is 0 Å². The normalized spacial score (nSPS) is 14.9. The summed E-state index contributed by atoms with van der Waals surface area (Å²) in [6.45, 7) is 1.51. The van der Waals surface area contributed by atoms with E-state index < -0.39 is 15.9 Å². The van der Waals surface area contributed by atoms with Crippen LogP contribution in [0.1, 0.15) is 29.6 Å². The van der Waals surface area contributed by atoms with E-state index in [2.05, 4.69) is 5.32 Å². The number of fused-ring (bicyclic) bond motifs is 1. The van der Waals surface area contributed by atoms with Gasteiger partial charge in [-0.25, -0.2) is 8.42 Å². The maximum absolute atomic E-state index is 12.9. The summed E-state index contributed by atoms with van der Waals surface area (Å²) >= 11 is 6.20. The number of hydrogen-bond donors (Lipinski definition) is 1. The zero-order valence-corrected chi connectivity index (χ0v) is 19.2. The lowest BCUT2D eigenvalue weighted by atomic mass is 10.1. The van der Waals surface area contributed by atoms with Crippen LogP contribution in [-0.4, -0.2) is 44.9 Å². The molecule has 4 rings (SSSR count). The molecule has 0 saturated carbocycles. The molecule has 168 valence electrons. The molecule has 0 radical (unpaired) electrons. The van der Waals surface area contributed by atoms with Gasteiger partial charge in [-0.3, -0.25) is 4.79 Å². The van der Waals surface area contributed by atoms with Gasteiger partial charge in [-0.05, 0) is 42.5 Å². The number of halogens is 1. The van der Waals surface area contributed by atoms with Crippen LogP contribution in [0.15, 0.2) is 65.6 Å². The number of piperidine rings is 1. The molecule has 0 aromatic heterocycles. The average molecular weight is 473 g/mol. The fraction of sp³-hybridized carbons (Fsp3) is 0.292. The van der Waals surface area contributed by atoms with E-state index in [4.69, 9.17) is 16.3 Å². The lowest BCUT2D eigenvalue weighted by molar-refractivity contribution is 0.0947. The van der Waals surface area contributed by atoms with E-state index in [0.29, 0.717) is 13.1 Å². The molecule has 0 spiro atoms. The quantitative estimate of drug-likeness (QED) is 0.514. The number of nitrogens with one attached hydrogen (secondary N) is 1. The van der Waals surface area contributed by atoms with Crippen LogP contribution in [0.3, 0.4) is 0 Å². The summed E-state index contributed by atoms with van der Waals surface area (Å²) in [5.41, 5.74) is 0.134. The fourth-order valence-corrected chi connectivity index (χ4v) is 5.58. The van der Waals surface area contributed by atoms with Gasteiger partial charge in [-0.2, -0.15) is 4.31 Å². The number of rotatable bonds is 7. The second-order valence-corrected chi connectivity index (χ2v) is 10.0. The zero-order valence-electron chi connectivity index (χ0n) is 17.6. The Bertz CT molecular complexity index is 1220. The standard InChI is InChI=1S/C24H25ClN2O4S/c25-22-12-11-19(32(29,30)27-14-4-1-5-15-27)17-21(22)24(28)26-13-16-31-23-10-6-8-18-7-2-3-9-20(18)23/h2-3,6-12,17H,1,4-5,13-16H2,(H,26,28).